The maximum Gasteiger partial charge on any atom is 0.315 e. The highest BCUT2D eigenvalue weighted by atomic mass is 32.2. The van der Waals surface area contributed by atoms with Gasteiger partial charge in [-0.1, -0.05) is 72.6 Å². The Morgan fingerprint density at radius 3 is 1.94 bits per heavy atom. The molecular weight excluding hydrogens is 659 g/mol. The van der Waals surface area contributed by atoms with E-state index in [4.69, 9.17) is 5.73 Å². The van der Waals surface area contributed by atoms with E-state index in [0.29, 0.717) is 51.5 Å². The predicted octanol–water partition coefficient (Wildman–Crippen LogP) is 4.14. The van der Waals surface area contributed by atoms with Crippen molar-refractivity contribution in [2.24, 2.45) is 28.9 Å². The minimum absolute atomic E-state index is 0.0323. The van der Waals surface area contributed by atoms with Crippen LogP contribution in [0, 0.1) is 23.2 Å². The normalized spacial score (nSPS) is 29.1. The molecule has 13 heteroatoms. The molecule has 5 N–H and O–H groups in total. The summed E-state index contributed by atoms with van der Waals surface area (Å²) in [4.78, 5) is 69.7. The van der Waals surface area contributed by atoms with Crippen LogP contribution in [0.4, 0.5) is 4.79 Å². The van der Waals surface area contributed by atoms with Crippen molar-refractivity contribution in [2.45, 2.75) is 172 Å². The van der Waals surface area contributed by atoms with Crippen molar-refractivity contribution in [3.63, 3.8) is 0 Å². The molecule has 4 fully saturated rings. The van der Waals surface area contributed by atoms with Crippen LogP contribution in [-0.2, 0) is 29.0 Å². The van der Waals surface area contributed by atoms with Crippen molar-refractivity contribution >= 4 is 39.4 Å². The zero-order valence-electron chi connectivity index (χ0n) is 31.7. The molecule has 4 rings (SSSR count). The Bertz CT molecular complexity index is 1430. The molecule has 1 aliphatic heterocycles. The molecule has 1 heterocycles. The number of nitrogens with one attached hydrogen (secondary N) is 3. The number of nitrogens with two attached hydrogens (primary N) is 1. The third-order valence-electron chi connectivity index (χ3n) is 12.8. The summed E-state index contributed by atoms with van der Waals surface area (Å²) in [5.41, 5.74) is 2.45. The van der Waals surface area contributed by atoms with E-state index in [1.165, 1.54) is 0 Å². The summed E-state index contributed by atoms with van der Waals surface area (Å²) in [5, 5.41) is 8.21. The Kier molecular flexibility index (Phi) is 11.8. The first kappa shape index (κ1) is 40.1. The third-order valence-corrected chi connectivity index (χ3v) is 15.9. The number of Topliss-reactive ketones (excluding diaryl/α,β-unsaturated/α-hetero) is 1. The minimum atomic E-state index is -3.64. The molecule has 6 atom stereocenters. The van der Waals surface area contributed by atoms with Gasteiger partial charge in [0.25, 0.3) is 5.91 Å². The van der Waals surface area contributed by atoms with Crippen molar-refractivity contribution in [1.29, 1.82) is 0 Å². The summed E-state index contributed by atoms with van der Waals surface area (Å²) in [6.07, 6.45) is 9.22. The molecule has 3 aliphatic carbocycles. The van der Waals surface area contributed by atoms with E-state index in [1.54, 1.807) is 32.6 Å². The van der Waals surface area contributed by atoms with Crippen LogP contribution >= 0.6 is 0 Å². The van der Waals surface area contributed by atoms with Gasteiger partial charge in [-0.05, 0) is 89.4 Å². The Balaban J connectivity index is 1.66. The largest absolute Gasteiger partial charge is 0.363 e. The van der Waals surface area contributed by atoms with Crippen molar-refractivity contribution < 1.29 is 32.4 Å². The van der Waals surface area contributed by atoms with Gasteiger partial charge in [-0.25, -0.2) is 13.2 Å². The van der Waals surface area contributed by atoms with E-state index in [-0.39, 0.29) is 23.7 Å². The second-order valence-electron chi connectivity index (χ2n) is 17.4. The van der Waals surface area contributed by atoms with Crippen LogP contribution < -0.4 is 21.7 Å². The lowest BCUT2D eigenvalue weighted by Gasteiger charge is -2.46. The summed E-state index contributed by atoms with van der Waals surface area (Å²) in [7, 11) is -3.64. The van der Waals surface area contributed by atoms with Gasteiger partial charge in [0.2, 0.25) is 17.6 Å². The predicted molar refractivity (Wildman–Crippen MR) is 193 cm³/mol. The number of amides is 5. The highest BCUT2D eigenvalue weighted by molar-refractivity contribution is 7.93. The molecule has 1 unspecified atom stereocenters. The monoisotopic (exact) mass is 721 g/mol. The summed E-state index contributed by atoms with van der Waals surface area (Å²) in [6, 6.07) is -2.45. The quantitative estimate of drug-likeness (QED) is 0.218. The Labute approximate surface area is 299 Å². The molecule has 284 valence electrons. The summed E-state index contributed by atoms with van der Waals surface area (Å²) in [5.74, 6) is -3.16. The minimum Gasteiger partial charge on any atom is -0.363 e. The van der Waals surface area contributed by atoms with Crippen LogP contribution in [-0.4, -0.2) is 82.6 Å². The van der Waals surface area contributed by atoms with Crippen molar-refractivity contribution in [3.05, 3.63) is 0 Å². The van der Waals surface area contributed by atoms with E-state index in [2.05, 4.69) is 16.0 Å². The Morgan fingerprint density at radius 1 is 0.900 bits per heavy atom. The van der Waals surface area contributed by atoms with Crippen LogP contribution in [0.15, 0.2) is 0 Å². The van der Waals surface area contributed by atoms with Crippen molar-refractivity contribution in [1.82, 2.24) is 20.9 Å². The van der Waals surface area contributed by atoms with Crippen LogP contribution in [0.3, 0.4) is 0 Å². The first-order chi connectivity index (χ1) is 23.2. The van der Waals surface area contributed by atoms with Crippen LogP contribution in [0.1, 0.15) is 139 Å². The lowest BCUT2D eigenvalue weighted by molar-refractivity contribution is -0.145. The van der Waals surface area contributed by atoms with Gasteiger partial charge < -0.3 is 26.6 Å². The number of rotatable bonds is 12. The van der Waals surface area contributed by atoms with E-state index in [0.717, 1.165) is 38.5 Å². The fourth-order valence-corrected chi connectivity index (χ4v) is 11.3. The molecule has 12 nitrogen and oxygen atoms in total. The van der Waals surface area contributed by atoms with Crippen molar-refractivity contribution in [2.75, 3.05) is 6.54 Å². The average molecular weight is 722 g/mol. The third kappa shape index (κ3) is 7.58. The standard InChI is InChI=1S/C37H63N5O7S/c1-9-25-22-37(25,29(43)30(38)44)40-31(45)27-26(23(2)3)16-21-42(27)32(46)28(35(8)17-12-10-13-18-35)39-33(47)41-36(19-14-11-15-20-36)24(4)50(48,49)34(5,6)7/h23-28H,9-22H2,1-8H3,(H2,38,44)(H,40,45)(H2,39,41,47)/t24-,25-,26-,27+,28-,37?/m1/s1. The maximum absolute atomic E-state index is 14.9. The van der Waals surface area contributed by atoms with Crippen LogP contribution in [0.2, 0.25) is 0 Å². The summed E-state index contributed by atoms with van der Waals surface area (Å²) in [6.45, 7) is 14.9. The second-order valence-corrected chi connectivity index (χ2v) is 20.4. The van der Waals surface area contributed by atoms with Gasteiger partial charge in [-0.15, -0.1) is 0 Å². The van der Waals surface area contributed by atoms with E-state index in [9.17, 15) is 32.4 Å². The number of carbonyl (C=O) groups is 5. The van der Waals surface area contributed by atoms with Crippen LogP contribution in [0.5, 0.6) is 0 Å². The van der Waals surface area contributed by atoms with Gasteiger partial charge in [0.15, 0.2) is 9.84 Å². The van der Waals surface area contributed by atoms with E-state index >= 15 is 0 Å². The Morgan fingerprint density at radius 2 is 1.46 bits per heavy atom. The number of urea groups is 1. The maximum atomic E-state index is 14.9. The molecule has 0 aromatic carbocycles. The fraction of sp³-hybridized carbons (Fsp3) is 0.865. The number of carbonyl (C=O) groups excluding carboxylic acids is 5. The van der Waals surface area contributed by atoms with Crippen molar-refractivity contribution in [3.8, 4) is 0 Å². The van der Waals surface area contributed by atoms with Gasteiger partial charge in [-0.3, -0.25) is 19.2 Å². The lowest BCUT2D eigenvalue weighted by atomic mass is 9.70. The van der Waals surface area contributed by atoms with E-state index < -0.39 is 72.0 Å². The van der Waals surface area contributed by atoms with Gasteiger partial charge in [0.1, 0.15) is 17.6 Å². The molecule has 0 aromatic heterocycles. The smallest absolute Gasteiger partial charge is 0.315 e. The molecule has 5 amide bonds. The average Bonchev–Trinajstić information content (AvgIpc) is 3.56. The molecule has 0 bridgehead atoms. The zero-order chi connectivity index (χ0) is 37.4. The first-order valence-electron chi connectivity index (χ1n) is 19.0. The van der Waals surface area contributed by atoms with E-state index in [1.807, 2.05) is 27.7 Å². The topological polar surface area (TPSA) is 185 Å². The van der Waals surface area contributed by atoms with Gasteiger partial charge in [0.05, 0.1) is 15.5 Å². The Hall–Kier alpha value is -2.70. The number of nitrogens with zero attached hydrogens (tertiary/aromatic N) is 1. The van der Waals surface area contributed by atoms with Crippen LogP contribution in [0.25, 0.3) is 0 Å². The number of likely N-dealkylation sites (tertiary alicyclic amines) is 1. The number of ketones is 1. The van der Waals surface area contributed by atoms with Gasteiger partial charge >= 0.3 is 6.03 Å². The summed E-state index contributed by atoms with van der Waals surface area (Å²) >= 11 is 0. The fourth-order valence-electron chi connectivity index (χ4n) is 9.31. The molecule has 0 radical (unpaired) electrons. The first-order valence-corrected chi connectivity index (χ1v) is 20.5. The SMILES string of the molecule is CC[C@@H]1CC1(NC(=O)[C@@H]1[C@@H](C(C)C)CCN1C(=O)[C@@H](NC(=O)NC1([C@@H](C)S(=O)(=O)C(C)(C)C)CCCCC1)C1(C)CCCCC1)C(=O)C(N)=O. The molecule has 4 aliphatic rings. The highest BCUT2D eigenvalue weighted by Crippen LogP contribution is 2.47. The van der Waals surface area contributed by atoms with Gasteiger partial charge in [0, 0.05) is 6.54 Å². The summed E-state index contributed by atoms with van der Waals surface area (Å²) < 4.78 is 26.4. The highest BCUT2D eigenvalue weighted by Gasteiger charge is 2.62. The number of hydrogen-bond acceptors (Lipinski definition) is 7. The number of hydrogen-bond donors (Lipinski definition) is 4. The lowest BCUT2D eigenvalue weighted by Crippen LogP contribution is -2.66. The zero-order valence-corrected chi connectivity index (χ0v) is 32.5. The molecule has 50 heavy (non-hydrogen) atoms. The van der Waals surface area contributed by atoms with Gasteiger partial charge in [-0.2, -0.15) is 0 Å². The molecule has 1 saturated heterocycles. The molecule has 3 saturated carbocycles. The second kappa shape index (κ2) is 14.7. The number of sulfone groups is 1. The molecule has 0 spiro atoms. The molecular formula is C37H63N5O7S. The molecule has 0 aromatic rings. The number of primary amides is 1.